The number of nitrogens with zero attached hydrogens (tertiary/aromatic N) is 3. The zero-order chi connectivity index (χ0) is 19.4. The van der Waals surface area contributed by atoms with Crippen LogP contribution in [-0.2, 0) is 4.79 Å². The summed E-state index contributed by atoms with van der Waals surface area (Å²) in [5.74, 6) is -0.197. The highest BCUT2D eigenvalue weighted by molar-refractivity contribution is 5.95. The molecular weight excluding hydrogens is 340 g/mol. The molecule has 0 saturated carbocycles. The molecule has 2 heterocycles. The number of primary amides is 1. The van der Waals surface area contributed by atoms with Gasteiger partial charge in [0, 0.05) is 57.3 Å². The second-order valence-corrected chi connectivity index (χ2v) is 7.33. The van der Waals surface area contributed by atoms with Gasteiger partial charge in [0.05, 0.1) is 5.56 Å². The van der Waals surface area contributed by atoms with Crippen LogP contribution in [0.4, 0.5) is 5.69 Å². The van der Waals surface area contributed by atoms with Gasteiger partial charge in [0.1, 0.15) is 0 Å². The molecule has 1 aliphatic rings. The van der Waals surface area contributed by atoms with Crippen LogP contribution in [0.2, 0.25) is 0 Å². The number of nitrogens with two attached hydrogens (primary N) is 1. The Kier molecular flexibility index (Phi) is 5.74. The molecule has 1 fully saturated rings. The van der Waals surface area contributed by atoms with Gasteiger partial charge in [0.15, 0.2) is 0 Å². The summed E-state index contributed by atoms with van der Waals surface area (Å²) in [5.41, 5.74) is 8.94. The SMILES string of the molecule is CN(C)c1ccc(-c2cncc(C(=O)N3CCCC(CC(N)=O)C3)c2)cc1. The van der Waals surface area contributed by atoms with Gasteiger partial charge in [-0.2, -0.15) is 0 Å². The number of carbonyl (C=O) groups is 2. The molecule has 0 bridgehead atoms. The number of pyridine rings is 1. The zero-order valence-corrected chi connectivity index (χ0v) is 15.9. The number of benzene rings is 1. The molecule has 1 atom stereocenters. The van der Waals surface area contributed by atoms with E-state index in [-0.39, 0.29) is 17.7 Å². The van der Waals surface area contributed by atoms with Crippen LogP contribution in [0.25, 0.3) is 11.1 Å². The van der Waals surface area contributed by atoms with E-state index in [1.807, 2.05) is 54.2 Å². The van der Waals surface area contributed by atoms with Gasteiger partial charge in [-0.3, -0.25) is 14.6 Å². The van der Waals surface area contributed by atoms with Gasteiger partial charge in [-0.25, -0.2) is 0 Å². The van der Waals surface area contributed by atoms with Crippen molar-refractivity contribution in [1.82, 2.24) is 9.88 Å². The molecule has 2 N–H and O–H groups in total. The van der Waals surface area contributed by atoms with Crippen molar-refractivity contribution in [2.24, 2.45) is 11.7 Å². The van der Waals surface area contributed by atoms with E-state index in [0.29, 0.717) is 25.1 Å². The minimum atomic E-state index is -0.306. The summed E-state index contributed by atoms with van der Waals surface area (Å²) in [6.07, 6.45) is 5.54. The van der Waals surface area contributed by atoms with Crippen molar-refractivity contribution in [1.29, 1.82) is 0 Å². The number of amides is 2. The summed E-state index contributed by atoms with van der Waals surface area (Å²) in [5, 5.41) is 0. The lowest BCUT2D eigenvalue weighted by Gasteiger charge is -2.32. The number of hydrogen-bond donors (Lipinski definition) is 1. The maximum absolute atomic E-state index is 12.9. The van der Waals surface area contributed by atoms with Gasteiger partial charge in [-0.1, -0.05) is 12.1 Å². The van der Waals surface area contributed by atoms with Gasteiger partial charge < -0.3 is 15.5 Å². The average molecular weight is 366 g/mol. The molecule has 27 heavy (non-hydrogen) atoms. The molecular formula is C21H26N4O2. The Hall–Kier alpha value is -2.89. The van der Waals surface area contributed by atoms with Crippen molar-refractivity contribution < 1.29 is 9.59 Å². The first-order chi connectivity index (χ1) is 12.9. The Morgan fingerprint density at radius 3 is 2.59 bits per heavy atom. The molecule has 1 aliphatic heterocycles. The van der Waals surface area contributed by atoms with Crippen LogP contribution in [0.15, 0.2) is 42.7 Å². The van der Waals surface area contributed by atoms with Crippen LogP contribution in [0.1, 0.15) is 29.6 Å². The average Bonchev–Trinajstić information content (AvgIpc) is 2.67. The van der Waals surface area contributed by atoms with Crippen molar-refractivity contribution in [2.75, 3.05) is 32.1 Å². The van der Waals surface area contributed by atoms with E-state index >= 15 is 0 Å². The first-order valence-electron chi connectivity index (χ1n) is 9.24. The van der Waals surface area contributed by atoms with Crippen molar-refractivity contribution in [3.8, 4) is 11.1 Å². The molecule has 1 saturated heterocycles. The summed E-state index contributed by atoms with van der Waals surface area (Å²) >= 11 is 0. The quantitative estimate of drug-likeness (QED) is 0.882. The van der Waals surface area contributed by atoms with Crippen molar-refractivity contribution in [3.05, 3.63) is 48.3 Å². The van der Waals surface area contributed by atoms with E-state index < -0.39 is 0 Å². The van der Waals surface area contributed by atoms with Crippen LogP contribution in [0, 0.1) is 5.92 Å². The fraction of sp³-hybridized carbons (Fsp3) is 0.381. The highest BCUT2D eigenvalue weighted by Crippen LogP contribution is 2.25. The summed E-state index contributed by atoms with van der Waals surface area (Å²) in [6.45, 7) is 1.28. The Labute approximate surface area is 160 Å². The minimum absolute atomic E-state index is 0.0385. The smallest absolute Gasteiger partial charge is 0.255 e. The van der Waals surface area contributed by atoms with Gasteiger partial charge in [-0.05, 0) is 42.5 Å². The molecule has 0 aliphatic carbocycles. The van der Waals surface area contributed by atoms with Crippen LogP contribution in [0.5, 0.6) is 0 Å². The maximum atomic E-state index is 12.9. The third kappa shape index (κ3) is 4.64. The molecule has 6 nitrogen and oxygen atoms in total. The van der Waals surface area contributed by atoms with Crippen molar-refractivity contribution in [3.63, 3.8) is 0 Å². The van der Waals surface area contributed by atoms with E-state index in [1.54, 1.807) is 12.4 Å². The van der Waals surface area contributed by atoms with E-state index in [0.717, 1.165) is 29.7 Å². The number of aromatic nitrogens is 1. The summed E-state index contributed by atoms with van der Waals surface area (Å²) in [6, 6.07) is 10.0. The molecule has 142 valence electrons. The molecule has 2 amide bonds. The molecule has 2 aromatic rings. The summed E-state index contributed by atoms with van der Waals surface area (Å²) in [7, 11) is 4.00. The van der Waals surface area contributed by atoms with Crippen LogP contribution in [0.3, 0.4) is 0 Å². The Bertz CT molecular complexity index is 817. The highest BCUT2D eigenvalue weighted by atomic mass is 16.2. The summed E-state index contributed by atoms with van der Waals surface area (Å²) < 4.78 is 0. The zero-order valence-electron chi connectivity index (χ0n) is 15.9. The van der Waals surface area contributed by atoms with Gasteiger partial charge in [0.25, 0.3) is 5.91 Å². The number of anilines is 1. The van der Waals surface area contributed by atoms with E-state index in [1.165, 1.54) is 0 Å². The van der Waals surface area contributed by atoms with Gasteiger partial charge in [0.2, 0.25) is 5.91 Å². The minimum Gasteiger partial charge on any atom is -0.378 e. The molecule has 6 heteroatoms. The van der Waals surface area contributed by atoms with E-state index in [4.69, 9.17) is 5.73 Å². The van der Waals surface area contributed by atoms with Crippen molar-refractivity contribution >= 4 is 17.5 Å². The van der Waals surface area contributed by atoms with Crippen LogP contribution < -0.4 is 10.6 Å². The third-order valence-electron chi connectivity index (χ3n) is 5.00. The van der Waals surface area contributed by atoms with Crippen molar-refractivity contribution in [2.45, 2.75) is 19.3 Å². The molecule has 0 spiro atoms. The monoisotopic (exact) mass is 366 g/mol. The predicted octanol–water partition coefficient (Wildman–Crippen LogP) is 2.54. The Morgan fingerprint density at radius 2 is 1.93 bits per heavy atom. The lowest BCUT2D eigenvalue weighted by atomic mass is 9.94. The predicted molar refractivity (Wildman–Crippen MR) is 106 cm³/mol. The number of piperidine rings is 1. The van der Waals surface area contributed by atoms with Crippen LogP contribution in [-0.4, -0.2) is 48.9 Å². The number of rotatable bonds is 5. The third-order valence-corrected chi connectivity index (χ3v) is 5.00. The fourth-order valence-electron chi connectivity index (χ4n) is 3.55. The fourth-order valence-corrected chi connectivity index (χ4v) is 3.55. The van der Waals surface area contributed by atoms with Gasteiger partial charge >= 0.3 is 0 Å². The molecule has 0 radical (unpaired) electrons. The number of hydrogen-bond acceptors (Lipinski definition) is 4. The maximum Gasteiger partial charge on any atom is 0.255 e. The van der Waals surface area contributed by atoms with Gasteiger partial charge in [-0.15, -0.1) is 0 Å². The standard InChI is InChI=1S/C21H26N4O2/c1-24(2)19-7-5-16(6-8-19)17-11-18(13-23-12-17)21(27)25-9-3-4-15(14-25)10-20(22)26/h5-8,11-13,15H,3-4,9-10,14H2,1-2H3,(H2,22,26). The lowest BCUT2D eigenvalue weighted by Crippen LogP contribution is -2.41. The molecule has 3 rings (SSSR count). The molecule has 1 unspecified atom stereocenters. The first kappa shape index (κ1) is 18.9. The first-order valence-corrected chi connectivity index (χ1v) is 9.24. The molecule has 1 aromatic heterocycles. The van der Waals surface area contributed by atoms with E-state index in [9.17, 15) is 9.59 Å². The normalized spacial score (nSPS) is 16.8. The molecule has 1 aromatic carbocycles. The largest absolute Gasteiger partial charge is 0.378 e. The lowest BCUT2D eigenvalue weighted by molar-refractivity contribution is -0.119. The number of carbonyl (C=O) groups excluding carboxylic acids is 2. The van der Waals surface area contributed by atoms with E-state index in [2.05, 4.69) is 4.98 Å². The summed E-state index contributed by atoms with van der Waals surface area (Å²) in [4.78, 5) is 32.2. The van der Waals surface area contributed by atoms with Crippen LogP contribution >= 0.6 is 0 Å². The second-order valence-electron chi connectivity index (χ2n) is 7.33. The second kappa shape index (κ2) is 8.20. The number of likely N-dealkylation sites (tertiary alicyclic amines) is 1. The Balaban J connectivity index is 1.76. The topological polar surface area (TPSA) is 79.5 Å². The highest BCUT2D eigenvalue weighted by Gasteiger charge is 2.25. The Morgan fingerprint density at radius 1 is 1.19 bits per heavy atom.